The molecule has 0 bridgehead atoms. The molecule has 1 saturated heterocycles. The van der Waals surface area contributed by atoms with Crippen LogP contribution in [-0.2, 0) is 19.1 Å². The van der Waals surface area contributed by atoms with E-state index in [-0.39, 0.29) is 41.9 Å². The molecule has 2 aromatic heterocycles. The normalized spacial score (nSPS) is 28.3. The van der Waals surface area contributed by atoms with E-state index in [0.717, 1.165) is 38.5 Å². The molecule has 11 heteroatoms. The Morgan fingerprint density at radius 1 is 1.29 bits per heavy atom. The van der Waals surface area contributed by atoms with E-state index in [9.17, 15) is 19.1 Å². The lowest BCUT2D eigenvalue weighted by molar-refractivity contribution is -0.167. The van der Waals surface area contributed by atoms with Crippen LogP contribution in [0.3, 0.4) is 0 Å². The van der Waals surface area contributed by atoms with Gasteiger partial charge in [-0.3, -0.25) is 14.2 Å². The number of hydrogen-bond acceptors (Lipinski definition) is 8. The number of nitrogens with two attached hydrogens (primary N) is 1. The van der Waals surface area contributed by atoms with E-state index >= 15 is 0 Å². The van der Waals surface area contributed by atoms with E-state index in [1.807, 2.05) is 0 Å². The lowest BCUT2D eigenvalue weighted by atomic mass is 9.66. The number of carbonyl (C=O) groups is 2. The number of nitrogens with zero attached hydrogens (tertiary/aromatic N) is 4. The molecule has 0 spiro atoms. The van der Waals surface area contributed by atoms with Crippen molar-refractivity contribution in [1.29, 1.82) is 0 Å². The molecule has 3 atom stereocenters. The number of carboxylic acids is 1. The molecule has 2 aliphatic carbocycles. The third kappa shape index (κ3) is 3.80. The predicted molar refractivity (Wildman–Crippen MR) is 121 cm³/mol. The minimum absolute atomic E-state index is 0.116. The van der Waals surface area contributed by atoms with Crippen molar-refractivity contribution in [2.45, 2.75) is 69.6 Å². The van der Waals surface area contributed by atoms with Crippen LogP contribution in [0.25, 0.3) is 11.2 Å². The molecule has 35 heavy (non-hydrogen) atoms. The smallest absolute Gasteiger partial charge is 0.312 e. The molecule has 3 aliphatic rings. The van der Waals surface area contributed by atoms with E-state index in [4.69, 9.17) is 21.6 Å². The highest BCUT2D eigenvalue weighted by Crippen LogP contribution is 2.57. The summed E-state index contributed by atoms with van der Waals surface area (Å²) in [6, 6.07) is 0. The molecule has 3 N–H and O–H groups in total. The molecule has 0 aromatic carbocycles. The molecule has 3 fully saturated rings. The third-order valence-electron chi connectivity index (χ3n) is 8.03. The van der Waals surface area contributed by atoms with Gasteiger partial charge in [-0.25, -0.2) is 4.98 Å². The van der Waals surface area contributed by atoms with Crippen LogP contribution in [0, 0.1) is 35.7 Å². The van der Waals surface area contributed by atoms with Gasteiger partial charge in [-0.1, -0.05) is 31.6 Å². The number of aliphatic carboxylic acids is 1. The largest absolute Gasteiger partial charge is 0.481 e. The Morgan fingerprint density at radius 3 is 2.66 bits per heavy atom. The second-order valence-electron chi connectivity index (χ2n) is 9.85. The van der Waals surface area contributed by atoms with Crippen LogP contribution in [0.2, 0.25) is 0 Å². The van der Waals surface area contributed by atoms with Crippen LogP contribution in [0.1, 0.15) is 64.0 Å². The third-order valence-corrected chi connectivity index (χ3v) is 8.03. The fourth-order valence-electron chi connectivity index (χ4n) is 6.21. The van der Waals surface area contributed by atoms with Crippen molar-refractivity contribution < 1.29 is 28.6 Å². The number of ether oxygens (including phenoxy) is 2. The van der Waals surface area contributed by atoms with Gasteiger partial charge in [0.15, 0.2) is 22.6 Å². The minimum Gasteiger partial charge on any atom is -0.481 e. The quantitative estimate of drug-likeness (QED) is 0.359. The van der Waals surface area contributed by atoms with Crippen LogP contribution in [0.4, 0.5) is 10.2 Å². The number of anilines is 1. The number of imidazole rings is 1. The molecule has 1 aliphatic heterocycles. The molecule has 2 saturated carbocycles. The first-order chi connectivity index (χ1) is 16.8. The van der Waals surface area contributed by atoms with Crippen molar-refractivity contribution in [1.82, 2.24) is 19.5 Å². The molecule has 2 aromatic rings. The summed E-state index contributed by atoms with van der Waals surface area (Å²) in [7, 11) is 0. The highest BCUT2D eigenvalue weighted by molar-refractivity contribution is 5.81. The second kappa shape index (κ2) is 8.75. The molecule has 186 valence electrons. The maximum atomic E-state index is 14.0. The Bertz CT molecular complexity index is 1200. The van der Waals surface area contributed by atoms with Crippen molar-refractivity contribution in [3.63, 3.8) is 0 Å². The van der Waals surface area contributed by atoms with E-state index in [1.165, 1.54) is 10.9 Å². The molecule has 0 radical (unpaired) electrons. The van der Waals surface area contributed by atoms with E-state index < -0.39 is 35.2 Å². The van der Waals surface area contributed by atoms with Crippen LogP contribution < -0.4 is 5.73 Å². The Kier molecular flexibility index (Phi) is 5.87. The number of nitrogen functional groups attached to an aromatic ring is 1. The zero-order valence-corrected chi connectivity index (χ0v) is 19.3. The number of carboxylic acid groups (broad SMARTS) is 1. The number of esters is 1. The van der Waals surface area contributed by atoms with Crippen LogP contribution >= 0.6 is 0 Å². The summed E-state index contributed by atoms with van der Waals surface area (Å²) in [5.41, 5.74) is 3.51. The lowest BCUT2D eigenvalue weighted by Gasteiger charge is -2.38. The molecule has 0 unspecified atom stereocenters. The Balaban J connectivity index is 1.52. The van der Waals surface area contributed by atoms with E-state index in [0.29, 0.717) is 12.8 Å². The molecule has 3 heterocycles. The number of aromatic nitrogens is 4. The summed E-state index contributed by atoms with van der Waals surface area (Å²) in [5, 5.41) is 10.3. The van der Waals surface area contributed by atoms with Gasteiger partial charge in [0.1, 0.15) is 12.8 Å². The highest BCUT2D eigenvalue weighted by Gasteiger charge is 2.62. The van der Waals surface area contributed by atoms with Gasteiger partial charge in [-0.2, -0.15) is 14.4 Å². The average molecular weight is 486 g/mol. The Morgan fingerprint density at radius 2 is 2.00 bits per heavy atom. The predicted octanol–water partition coefficient (Wildman–Crippen LogP) is 2.83. The van der Waals surface area contributed by atoms with Crippen molar-refractivity contribution in [2.75, 3.05) is 12.3 Å². The molecule has 0 amide bonds. The zero-order chi connectivity index (χ0) is 24.8. The Labute approximate surface area is 201 Å². The van der Waals surface area contributed by atoms with Gasteiger partial charge in [0.2, 0.25) is 0 Å². The molecular weight excluding hydrogens is 457 g/mol. The minimum atomic E-state index is -1.48. The summed E-state index contributed by atoms with van der Waals surface area (Å²) in [5.74, 6) is 0.433. The Hall–Kier alpha value is -3.26. The lowest BCUT2D eigenvalue weighted by Crippen LogP contribution is -2.50. The second-order valence-corrected chi connectivity index (χ2v) is 9.85. The number of terminal acetylenes is 1. The summed E-state index contributed by atoms with van der Waals surface area (Å²) < 4.78 is 27.5. The van der Waals surface area contributed by atoms with Gasteiger partial charge in [-0.15, -0.1) is 6.42 Å². The molecular formula is C24H28FN5O5. The van der Waals surface area contributed by atoms with Crippen molar-refractivity contribution in [3.05, 3.63) is 12.4 Å². The zero-order valence-electron chi connectivity index (χ0n) is 19.3. The first kappa shape index (κ1) is 23.5. The standard InChI is InChI=1S/C24H28FN5O5/c1-2-24(12-34-20(31)14-7-3-4-8-14)15(23(21(32)33)9-5-6-10-23)11-16(35-24)30-13-27-17-18(26)28-22(25)29-19(17)30/h1,13-16H,3-12H2,(H,32,33)(H2,26,28,29)/t15-,16+,24+/m0/s1. The molecule has 5 rings (SSSR count). The monoisotopic (exact) mass is 485 g/mol. The van der Waals surface area contributed by atoms with Crippen molar-refractivity contribution >= 4 is 28.9 Å². The van der Waals surface area contributed by atoms with Crippen molar-refractivity contribution in [3.8, 4) is 12.3 Å². The summed E-state index contributed by atoms with van der Waals surface area (Å²) in [6.45, 7) is -0.257. The number of rotatable bonds is 6. The van der Waals surface area contributed by atoms with Gasteiger partial charge in [0.05, 0.1) is 17.7 Å². The van der Waals surface area contributed by atoms with Gasteiger partial charge < -0.3 is 20.3 Å². The molecule has 10 nitrogen and oxygen atoms in total. The van der Waals surface area contributed by atoms with Gasteiger partial charge in [0.25, 0.3) is 0 Å². The van der Waals surface area contributed by atoms with Crippen LogP contribution in [0.5, 0.6) is 0 Å². The van der Waals surface area contributed by atoms with E-state index in [2.05, 4.69) is 20.9 Å². The van der Waals surface area contributed by atoms with Gasteiger partial charge in [0, 0.05) is 12.3 Å². The fourth-order valence-corrected chi connectivity index (χ4v) is 6.21. The number of halogens is 1. The number of hydrogen-bond donors (Lipinski definition) is 2. The van der Waals surface area contributed by atoms with E-state index in [1.54, 1.807) is 0 Å². The first-order valence-corrected chi connectivity index (χ1v) is 12.0. The maximum absolute atomic E-state index is 14.0. The van der Waals surface area contributed by atoms with Crippen LogP contribution in [-0.4, -0.2) is 48.8 Å². The average Bonchev–Trinajstić information content (AvgIpc) is 3.63. The highest BCUT2D eigenvalue weighted by atomic mass is 19.1. The van der Waals surface area contributed by atoms with Crippen molar-refractivity contribution in [2.24, 2.45) is 17.3 Å². The first-order valence-electron chi connectivity index (χ1n) is 12.0. The number of fused-ring (bicyclic) bond motifs is 1. The summed E-state index contributed by atoms with van der Waals surface area (Å²) >= 11 is 0. The number of carbonyl (C=O) groups excluding carboxylic acids is 1. The van der Waals surface area contributed by atoms with Gasteiger partial charge in [-0.05, 0) is 25.7 Å². The van der Waals surface area contributed by atoms with Gasteiger partial charge >= 0.3 is 18.0 Å². The SMILES string of the molecule is C#C[C@]1(COC(=O)C2CCCC2)O[C@@H](n2cnc3c(N)nc(F)nc32)C[C@H]1C1(C(=O)O)CCCC1. The summed E-state index contributed by atoms with van der Waals surface area (Å²) in [4.78, 5) is 36.8. The topological polar surface area (TPSA) is 142 Å². The summed E-state index contributed by atoms with van der Waals surface area (Å²) in [6.07, 6.45) is 11.6. The van der Waals surface area contributed by atoms with Crippen LogP contribution in [0.15, 0.2) is 6.33 Å². The fraction of sp³-hybridized carbons (Fsp3) is 0.625. The maximum Gasteiger partial charge on any atom is 0.312 e.